The first-order chi connectivity index (χ1) is 14.5. The van der Waals surface area contributed by atoms with Gasteiger partial charge in [0.2, 0.25) is 17.8 Å². The number of aromatic nitrogens is 4. The van der Waals surface area contributed by atoms with Gasteiger partial charge in [-0.1, -0.05) is 12.1 Å². The smallest absolute Gasteiger partial charge is 0.240 e. The summed E-state index contributed by atoms with van der Waals surface area (Å²) in [6.45, 7) is 4.43. The van der Waals surface area contributed by atoms with Crippen molar-refractivity contribution < 1.29 is 9.59 Å². The largest absolute Gasteiger partial charge is 0.368 e. The predicted molar refractivity (Wildman–Crippen MR) is 109 cm³/mol. The van der Waals surface area contributed by atoms with Crippen LogP contribution >= 0.6 is 0 Å². The minimum absolute atomic E-state index is 0.0845. The Morgan fingerprint density at radius 2 is 2.13 bits per heavy atom. The molecule has 9 nitrogen and oxygen atoms in total. The van der Waals surface area contributed by atoms with E-state index in [9.17, 15) is 14.9 Å². The Bertz CT molecular complexity index is 1190. The number of para-hydroxylation sites is 2. The SMILES string of the molecule is CCn1c(C(C#N)c2nc(N3C(=O)CC[C@H]3C(N)=O)ncc2C)nc2ccccc21. The molecule has 2 N–H and O–H groups in total. The van der Waals surface area contributed by atoms with Crippen LogP contribution in [0.3, 0.4) is 0 Å². The number of nitriles is 1. The van der Waals surface area contributed by atoms with Crippen LogP contribution in [0.4, 0.5) is 5.95 Å². The lowest BCUT2D eigenvalue weighted by molar-refractivity contribution is -0.121. The summed E-state index contributed by atoms with van der Waals surface area (Å²) in [7, 11) is 0. The number of hydrogen-bond acceptors (Lipinski definition) is 6. The molecule has 2 atom stereocenters. The topological polar surface area (TPSA) is 131 Å². The van der Waals surface area contributed by atoms with Gasteiger partial charge in [-0.25, -0.2) is 15.0 Å². The number of fused-ring (bicyclic) bond motifs is 1. The van der Waals surface area contributed by atoms with Crippen LogP contribution < -0.4 is 10.6 Å². The van der Waals surface area contributed by atoms with E-state index in [0.29, 0.717) is 30.0 Å². The number of benzene rings is 1. The van der Waals surface area contributed by atoms with Crippen molar-refractivity contribution in [3.63, 3.8) is 0 Å². The molecular weight excluding hydrogens is 382 g/mol. The summed E-state index contributed by atoms with van der Waals surface area (Å²) in [5.74, 6) is -0.961. The van der Waals surface area contributed by atoms with Crippen molar-refractivity contribution in [2.24, 2.45) is 5.73 Å². The summed E-state index contributed by atoms with van der Waals surface area (Å²) in [5, 5.41) is 10.0. The highest BCUT2D eigenvalue weighted by Crippen LogP contribution is 2.30. The van der Waals surface area contributed by atoms with Crippen LogP contribution in [0.15, 0.2) is 30.5 Å². The lowest BCUT2D eigenvalue weighted by atomic mass is 10.0. The summed E-state index contributed by atoms with van der Waals surface area (Å²) < 4.78 is 1.98. The van der Waals surface area contributed by atoms with Crippen LogP contribution in [0.5, 0.6) is 0 Å². The van der Waals surface area contributed by atoms with Gasteiger partial charge in [0.25, 0.3) is 0 Å². The van der Waals surface area contributed by atoms with Gasteiger partial charge >= 0.3 is 0 Å². The lowest BCUT2D eigenvalue weighted by Gasteiger charge is -2.22. The van der Waals surface area contributed by atoms with Crippen molar-refractivity contribution in [1.29, 1.82) is 5.26 Å². The van der Waals surface area contributed by atoms with E-state index in [1.54, 1.807) is 13.1 Å². The quantitative estimate of drug-likeness (QED) is 0.691. The molecule has 30 heavy (non-hydrogen) atoms. The van der Waals surface area contributed by atoms with Gasteiger partial charge in [0.1, 0.15) is 17.8 Å². The standard InChI is InChI=1S/C21H21N7O2/c1-3-27-15-7-5-4-6-14(15)25-20(27)13(10-22)18-12(2)11-24-21(26-18)28-16(19(23)30)8-9-17(28)29/h4-7,11,13,16H,3,8-9H2,1-2H3,(H2,23,30)/t13?,16-/m0/s1. The number of hydrogen-bond donors (Lipinski definition) is 1. The fourth-order valence-electron chi connectivity index (χ4n) is 3.95. The zero-order chi connectivity index (χ0) is 21.4. The van der Waals surface area contributed by atoms with Crippen molar-refractivity contribution in [2.45, 2.75) is 45.2 Å². The Labute approximate surface area is 173 Å². The van der Waals surface area contributed by atoms with E-state index in [2.05, 4.69) is 21.0 Å². The highest BCUT2D eigenvalue weighted by atomic mass is 16.2. The summed E-state index contributed by atoms with van der Waals surface area (Å²) in [6.07, 6.45) is 2.09. The Balaban J connectivity index is 1.84. The van der Waals surface area contributed by atoms with E-state index in [1.807, 2.05) is 35.8 Å². The van der Waals surface area contributed by atoms with Crippen LogP contribution in [0.1, 0.15) is 42.8 Å². The second kappa shape index (κ2) is 7.55. The molecule has 1 saturated heterocycles. The molecule has 9 heteroatoms. The van der Waals surface area contributed by atoms with Gasteiger partial charge < -0.3 is 10.3 Å². The minimum atomic E-state index is -0.784. The second-order valence-corrected chi connectivity index (χ2v) is 7.22. The van der Waals surface area contributed by atoms with Crippen molar-refractivity contribution in [3.05, 3.63) is 47.5 Å². The van der Waals surface area contributed by atoms with Gasteiger partial charge in [0.15, 0.2) is 0 Å². The molecule has 0 radical (unpaired) electrons. The van der Waals surface area contributed by atoms with Gasteiger partial charge in [-0.3, -0.25) is 14.5 Å². The molecular formula is C21H21N7O2. The Hall–Kier alpha value is -3.80. The van der Waals surface area contributed by atoms with Crippen LogP contribution in [0.25, 0.3) is 11.0 Å². The van der Waals surface area contributed by atoms with Crippen molar-refractivity contribution >= 4 is 28.8 Å². The maximum absolute atomic E-state index is 12.4. The monoisotopic (exact) mass is 403 g/mol. The number of carbonyl (C=O) groups is 2. The van der Waals surface area contributed by atoms with E-state index in [0.717, 1.165) is 11.0 Å². The molecule has 3 heterocycles. The number of aryl methyl sites for hydroxylation is 2. The third kappa shape index (κ3) is 3.06. The van der Waals surface area contributed by atoms with Crippen LogP contribution in [-0.4, -0.2) is 37.4 Å². The first kappa shape index (κ1) is 19.5. The molecule has 2 amide bonds. The van der Waals surface area contributed by atoms with Crippen LogP contribution in [-0.2, 0) is 16.1 Å². The summed E-state index contributed by atoms with van der Waals surface area (Å²) >= 11 is 0. The van der Waals surface area contributed by atoms with Crippen molar-refractivity contribution in [3.8, 4) is 6.07 Å². The molecule has 1 aliphatic rings. The highest BCUT2D eigenvalue weighted by molar-refractivity contribution is 6.02. The van der Waals surface area contributed by atoms with Gasteiger partial charge in [0.05, 0.1) is 22.8 Å². The molecule has 0 bridgehead atoms. The molecule has 1 fully saturated rings. The van der Waals surface area contributed by atoms with E-state index >= 15 is 0 Å². The number of anilines is 1. The first-order valence-electron chi connectivity index (χ1n) is 9.76. The fourth-order valence-corrected chi connectivity index (χ4v) is 3.95. The zero-order valence-corrected chi connectivity index (χ0v) is 16.7. The van der Waals surface area contributed by atoms with Gasteiger partial charge in [-0.05, 0) is 38.0 Å². The summed E-state index contributed by atoms with van der Waals surface area (Å²) in [5.41, 5.74) is 8.34. The molecule has 2 aromatic heterocycles. The molecule has 1 aromatic carbocycles. The van der Waals surface area contributed by atoms with E-state index < -0.39 is 17.9 Å². The van der Waals surface area contributed by atoms with Crippen molar-refractivity contribution in [1.82, 2.24) is 19.5 Å². The Morgan fingerprint density at radius 3 is 2.83 bits per heavy atom. The number of amides is 2. The summed E-state index contributed by atoms with van der Waals surface area (Å²) in [6, 6.07) is 9.21. The average molecular weight is 403 g/mol. The molecule has 1 unspecified atom stereocenters. The predicted octanol–water partition coefficient (Wildman–Crippen LogP) is 1.79. The molecule has 0 aliphatic carbocycles. The maximum atomic E-state index is 12.4. The van der Waals surface area contributed by atoms with Gasteiger partial charge in [0, 0.05) is 19.2 Å². The number of imidazole rings is 1. The van der Waals surface area contributed by atoms with Gasteiger partial charge in [-0.15, -0.1) is 0 Å². The first-order valence-corrected chi connectivity index (χ1v) is 9.76. The number of nitrogens with two attached hydrogens (primary N) is 1. The Kier molecular flexibility index (Phi) is 4.91. The van der Waals surface area contributed by atoms with Crippen LogP contribution in [0.2, 0.25) is 0 Å². The Morgan fingerprint density at radius 1 is 1.37 bits per heavy atom. The molecule has 3 aromatic rings. The number of primary amides is 1. The number of carbonyl (C=O) groups excluding carboxylic acids is 2. The molecule has 152 valence electrons. The second-order valence-electron chi connectivity index (χ2n) is 7.22. The highest BCUT2D eigenvalue weighted by Gasteiger charge is 2.38. The number of nitrogens with zero attached hydrogens (tertiary/aromatic N) is 6. The molecule has 1 aliphatic heterocycles. The zero-order valence-electron chi connectivity index (χ0n) is 16.7. The van der Waals surface area contributed by atoms with E-state index in [4.69, 9.17) is 5.73 Å². The third-order valence-corrected chi connectivity index (χ3v) is 5.42. The fraction of sp³-hybridized carbons (Fsp3) is 0.333. The number of rotatable bonds is 5. The normalized spacial score (nSPS) is 17.3. The van der Waals surface area contributed by atoms with Crippen LogP contribution in [0, 0.1) is 18.3 Å². The maximum Gasteiger partial charge on any atom is 0.240 e. The summed E-state index contributed by atoms with van der Waals surface area (Å²) in [4.78, 5) is 38.9. The average Bonchev–Trinajstić information content (AvgIpc) is 3.30. The van der Waals surface area contributed by atoms with E-state index in [-0.39, 0.29) is 18.3 Å². The molecule has 0 spiro atoms. The molecule has 0 saturated carbocycles. The van der Waals surface area contributed by atoms with Crippen molar-refractivity contribution in [2.75, 3.05) is 4.90 Å². The van der Waals surface area contributed by atoms with E-state index in [1.165, 1.54) is 4.90 Å². The molecule has 4 rings (SSSR count). The lowest BCUT2D eigenvalue weighted by Crippen LogP contribution is -2.43. The van der Waals surface area contributed by atoms with Gasteiger partial charge in [-0.2, -0.15) is 5.26 Å². The third-order valence-electron chi connectivity index (χ3n) is 5.42. The minimum Gasteiger partial charge on any atom is -0.368 e.